The highest BCUT2D eigenvalue weighted by Gasteiger charge is 2.32. The lowest BCUT2D eigenvalue weighted by molar-refractivity contribution is 0.651. The summed E-state index contributed by atoms with van der Waals surface area (Å²) >= 11 is 0. The summed E-state index contributed by atoms with van der Waals surface area (Å²) in [7, 11) is 0. The molecule has 0 saturated heterocycles. The normalized spacial score (nSPS) is 19.0. The van der Waals surface area contributed by atoms with Gasteiger partial charge in [-0.3, -0.25) is 0 Å². The lowest BCUT2D eigenvalue weighted by Crippen LogP contribution is -2.34. The highest BCUT2D eigenvalue weighted by Crippen LogP contribution is 2.45. The van der Waals surface area contributed by atoms with E-state index in [1.807, 2.05) is 48.2 Å². The number of nitrogens with zero attached hydrogens (tertiary/aromatic N) is 4. The fourth-order valence-corrected chi connectivity index (χ4v) is 3.64. The fraction of sp³-hybridized carbons (Fsp3) is 0.238. The van der Waals surface area contributed by atoms with E-state index in [0.29, 0.717) is 17.1 Å². The average molecular weight is 348 g/mol. The zero-order valence-corrected chi connectivity index (χ0v) is 14.5. The Hall–Kier alpha value is -3.08. The number of aryl methyl sites for hydroxylation is 1. The second-order valence-electron chi connectivity index (χ2n) is 6.49. The molecule has 26 heavy (non-hydrogen) atoms. The predicted molar refractivity (Wildman–Crippen MR) is 105 cm³/mol. The van der Waals surface area contributed by atoms with Gasteiger partial charge in [0.1, 0.15) is 0 Å². The molecule has 4 aromatic rings. The van der Waals surface area contributed by atoms with Gasteiger partial charge in [0.15, 0.2) is 11.4 Å². The van der Waals surface area contributed by atoms with Crippen molar-refractivity contribution in [3.63, 3.8) is 0 Å². The van der Waals surface area contributed by atoms with Gasteiger partial charge >= 0.3 is 0 Å². The van der Waals surface area contributed by atoms with Crippen LogP contribution in [0.4, 0.5) is 17.2 Å². The van der Waals surface area contributed by atoms with Gasteiger partial charge in [-0.25, -0.2) is 9.97 Å². The number of hydrogen-bond acceptors (Lipinski definition) is 5. The number of furan rings is 1. The lowest BCUT2D eigenvalue weighted by Gasteiger charge is -2.25. The van der Waals surface area contributed by atoms with Gasteiger partial charge in [-0.05, 0) is 50.5 Å². The first-order valence-corrected chi connectivity index (χ1v) is 8.47. The molecule has 5 heteroatoms. The summed E-state index contributed by atoms with van der Waals surface area (Å²) in [6, 6.07) is 9.71. The Balaban J connectivity index is 1.74. The SMILES string of the molecule is [2H]C([2H])([2H])C([2H])(C)N1CN(c2c(C)ccc3c2oc2ncccc23)c2cccnc21. The average Bonchev–Trinajstić information content (AvgIpc) is 3.26. The minimum Gasteiger partial charge on any atom is -0.435 e. The smallest absolute Gasteiger partial charge is 0.227 e. The van der Waals surface area contributed by atoms with Crippen molar-refractivity contribution in [1.82, 2.24) is 9.97 Å². The van der Waals surface area contributed by atoms with Crippen molar-refractivity contribution in [3.8, 4) is 0 Å². The highest BCUT2D eigenvalue weighted by molar-refractivity contribution is 6.09. The molecule has 0 fully saturated rings. The largest absolute Gasteiger partial charge is 0.435 e. The first-order valence-electron chi connectivity index (χ1n) is 10.5. The molecule has 130 valence electrons. The first kappa shape index (κ1) is 11.5. The molecule has 1 atom stereocenters. The molecule has 3 aromatic heterocycles. The van der Waals surface area contributed by atoms with Gasteiger partial charge in [0, 0.05) is 33.3 Å². The van der Waals surface area contributed by atoms with Crippen LogP contribution in [0, 0.1) is 6.92 Å². The molecular formula is C21H20N4O. The summed E-state index contributed by atoms with van der Waals surface area (Å²) in [5, 5.41) is 1.86. The molecule has 0 spiro atoms. The molecule has 0 saturated carbocycles. The second-order valence-corrected chi connectivity index (χ2v) is 6.49. The van der Waals surface area contributed by atoms with Crippen LogP contribution in [-0.2, 0) is 0 Å². The van der Waals surface area contributed by atoms with E-state index in [-0.39, 0.29) is 6.67 Å². The van der Waals surface area contributed by atoms with E-state index in [9.17, 15) is 0 Å². The quantitative estimate of drug-likeness (QED) is 0.509. The molecule has 0 radical (unpaired) electrons. The van der Waals surface area contributed by atoms with Gasteiger partial charge in [-0.15, -0.1) is 0 Å². The van der Waals surface area contributed by atoms with E-state index in [2.05, 4.69) is 9.97 Å². The van der Waals surface area contributed by atoms with Crippen LogP contribution in [0.5, 0.6) is 0 Å². The van der Waals surface area contributed by atoms with Gasteiger partial charge in [-0.1, -0.05) is 12.1 Å². The fourth-order valence-electron chi connectivity index (χ4n) is 3.64. The summed E-state index contributed by atoms with van der Waals surface area (Å²) in [6.07, 6.45) is 3.30. The summed E-state index contributed by atoms with van der Waals surface area (Å²) in [5.41, 5.74) is 3.77. The molecule has 1 aliphatic rings. The van der Waals surface area contributed by atoms with Crippen molar-refractivity contribution in [3.05, 3.63) is 54.4 Å². The molecule has 5 rings (SSSR count). The number of fused-ring (bicyclic) bond motifs is 4. The summed E-state index contributed by atoms with van der Waals surface area (Å²) in [4.78, 5) is 12.2. The third-order valence-electron chi connectivity index (χ3n) is 4.86. The summed E-state index contributed by atoms with van der Waals surface area (Å²) < 4.78 is 38.4. The number of pyridine rings is 2. The topological polar surface area (TPSA) is 45.4 Å². The molecule has 4 heterocycles. The molecule has 0 amide bonds. The summed E-state index contributed by atoms with van der Waals surface area (Å²) in [6.45, 7) is 1.05. The van der Waals surface area contributed by atoms with Crippen LogP contribution in [0.2, 0.25) is 0 Å². The van der Waals surface area contributed by atoms with Crippen molar-refractivity contribution in [1.29, 1.82) is 0 Å². The molecule has 0 bridgehead atoms. The van der Waals surface area contributed by atoms with Crippen LogP contribution in [0.1, 0.15) is 24.8 Å². The maximum absolute atomic E-state index is 8.63. The van der Waals surface area contributed by atoms with E-state index >= 15 is 0 Å². The zero-order valence-electron chi connectivity index (χ0n) is 18.5. The Morgan fingerprint density at radius 2 is 2.00 bits per heavy atom. The number of aromatic nitrogens is 2. The minimum atomic E-state index is -2.51. The third-order valence-corrected chi connectivity index (χ3v) is 4.86. The van der Waals surface area contributed by atoms with Crippen LogP contribution in [0.3, 0.4) is 0 Å². The molecule has 0 N–H and O–H groups in total. The number of anilines is 3. The second kappa shape index (κ2) is 5.46. The van der Waals surface area contributed by atoms with Gasteiger partial charge < -0.3 is 14.2 Å². The highest BCUT2D eigenvalue weighted by atomic mass is 16.3. The van der Waals surface area contributed by atoms with Gasteiger partial charge in [-0.2, -0.15) is 0 Å². The molecule has 0 aliphatic carbocycles. The van der Waals surface area contributed by atoms with Crippen LogP contribution >= 0.6 is 0 Å². The Bertz CT molecular complexity index is 1280. The third kappa shape index (κ3) is 2.03. The predicted octanol–water partition coefficient (Wildman–Crippen LogP) is 5.01. The first-order chi connectivity index (χ1) is 14.2. The number of rotatable bonds is 2. The van der Waals surface area contributed by atoms with Crippen molar-refractivity contribution in [2.45, 2.75) is 26.7 Å². The lowest BCUT2D eigenvalue weighted by atomic mass is 10.1. The van der Waals surface area contributed by atoms with E-state index in [4.69, 9.17) is 9.90 Å². The van der Waals surface area contributed by atoms with Crippen molar-refractivity contribution in [2.75, 3.05) is 16.5 Å². The van der Waals surface area contributed by atoms with Crippen LogP contribution < -0.4 is 9.80 Å². The van der Waals surface area contributed by atoms with Gasteiger partial charge in [0.25, 0.3) is 0 Å². The van der Waals surface area contributed by atoms with Crippen molar-refractivity contribution in [2.24, 2.45) is 0 Å². The maximum atomic E-state index is 8.63. The number of benzene rings is 1. The zero-order chi connectivity index (χ0) is 21.3. The Morgan fingerprint density at radius 1 is 1.15 bits per heavy atom. The molecular weight excluding hydrogens is 324 g/mol. The Labute approximate surface area is 157 Å². The van der Waals surface area contributed by atoms with Gasteiger partial charge in [0.2, 0.25) is 5.71 Å². The van der Waals surface area contributed by atoms with Crippen molar-refractivity contribution >= 4 is 39.3 Å². The standard InChI is InChI=1S/C21H20N4O/c1-13(2)24-12-25(17-7-5-10-22-20(17)24)18-14(3)8-9-15-16-6-4-11-23-21(16)26-19(15)18/h4-11,13H,12H2,1-3H3/i1D3,13D. The minimum absolute atomic E-state index is 0.176. The van der Waals surface area contributed by atoms with Gasteiger partial charge in [0.05, 0.1) is 19.4 Å². The van der Waals surface area contributed by atoms with E-state index in [0.717, 1.165) is 27.7 Å². The number of hydrogen-bond donors (Lipinski definition) is 0. The monoisotopic (exact) mass is 348 g/mol. The molecule has 1 aromatic carbocycles. The van der Waals surface area contributed by atoms with E-state index in [1.54, 1.807) is 12.4 Å². The molecule has 5 nitrogen and oxygen atoms in total. The molecule has 1 unspecified atom stereocenters. The van der Waals surface area contributed by atoms with Crippen molar-refractivity contribution < 1.29 is 9.90 Å². The van der Waals surface area contributed by atoms with Crippen LogP contribution in [0.25, 0.3) is 22.1 Å². The van der Waals surface area contributed by atoms with Crippen LogP contribution in [-0.4, -0.2) is 22.7 Å². The molecule has 1 aliphatic heterocycles. The Morgan fingerprint density at radius 3 is 2.88 bits per heavy atom. The Kier molecular flexibility index (Phi) is 2.42. The van der Waals surface area contributed by atoms with E-state index < -0.39 is 12.9 Å². The summed E-state index contributed by atoms with van der Waals surface area (Å²) in [5.74, 6) is 0.469. The maximum Gasteiger partial charge on any atom is 0.227 e. The van der Waals surface area contributed by atoms with E-state index in [1.165, 1.54) is 11.8 Å². The van der Waals surface area contributed by atoms with Crippen LogP contribution in [0.15, 0.2) is 53.2 Å².